The molecule has 2 N–H and O–H groups in total. The van der Waals surface area contributed by atoms with Gasteiger partial charge in [0.2, 0.25) is 0 Å². The molecule has 6 rings (SSSR count). The normalized spacial score (nSPS) is 29.3. The van der Waals surface area contributed by atoms with Gasteiger partial charge in [0.15, 0.2) is 6.29 Å². The van der Waals surface area contributed by atoms with Crippen LogP contribution in [0, 0.1) is 23.7 Å². The number of methoxy groups -OCH3 is 1. The first-order valence-electron chi connectivity index (χ1n) is 18.6. The van der Waals surface area contributed by atoms with Crippen molar-refractivity contribution in [2.24, 2.45) is 23.7 Å². The molecule has 3 aliphatic heterocycles. The third kappa shape index (κ3) is 9.61. The highest BCUT2D eigenvalue weighted by atomic mass is 35.5. The fourth-order valence-corrected chi connectivity index (χ4v) is 9.58. The van der Waals surface area contributed by atoms with Crippen LogP contribution < -0.4 is 19.7 Å². The molecule has 1 aliphatic carbocycles. The number of nitrogens with zero attached hydrogens (tertiary/aromatic N) is 1. The summed E-state index contributed by atoms with van der Waals surface area (Å²) in [6, 6.07) is 11.9. The van der Waals surface area contributed by atoms with Crippen LogP contribution in [0.1, 0.15) is 86.2 Å². The summed E-state index contributed by atoms with van der Waals surface area (Å²) in [5.41, 5.74) is 3.93. The molecule has 2 aromatic carbocycles. The van der Waals surface area contributed by atoms with Crippen LogP contribution in [-0.4, -0.2) is 82.4 Å². The maximum Gasteiger partial charge on any atom is 0.263 e. The van der Waals surface area contributed by atoms with E-state index in [4.69, 9.17) is 30.5 Å². The number of carbonyl (C=O) groups excluding carboxylic acids is 1. The van der Waals surface area contributed by atoms with Crippen molar-refractivity contribution in [1.29, 1.82) is 0 Å². The third-order valence-electron chi connectivity index (χ3n) is 10.8. The smallest absolute Gasteiger partial charge is 0.263 e. The molecule has 7 unspecified atom stereocenters. The van der Waals surface area contributed by atoms with Crippen LogP contribution in [0.4, 0.5) is 5.69 Å². The van der Waals surface area contributed by atoms with E-state index in [0.29, 0.717) is 36.5 Å². The summed E-state index contributed by atoms with van der Waals surface area (Å²) < 4.78 is 41.0. The van der Waals surface area contributed by atoms with E-state index in [9.17, 15) is 9.00 Å². The van der Waals surface area contributed by atoms with Crippen LogP contribution in [0.3, 0.4) is 0 Å². The molecule has 11 heteroatoms. The Morgan fingerprint density at radius 3 is 2.50 bits per heavy atom. The highest BCUT2D eigenvalue weighted by Gasteiger charge is 2.43. The monoisotopic (exact) mass is 731 g/mol. The van der Waals surface area contributed by atoms with Gasteiger partial charge in [-0.1, -0.05) is 44.4 Å². The lowest BCUT2D eigenvalue weighted by Gasteiger charge is -2.47. The van der Waals surface area contributed by atoms with E-state index in [-0.39, 0.29) is 29.3 Å². The molecular weight excluding hydrogens is 674 g/mol. The lowest BCUT2D eigenvalue weighted by atomic mass is 9.65. The van der Waals surface area contributed by atoms with Gasteiger partial charge in [0, 0.05) is 42.6 Å². The van der Waals surface area contributed by atoms with Crippen molar-refractivity contribution in [3.63, 3.8) is 0 Å². The SMILES string of the molecule is CCCc1cc(Cl)ccc1C1COc2ccc3cc2N(C1)CC1CCC1C(C1OCCCO1)CCCC(C)C(COC)S(=O)NC3=O.CNC. The molecule has 4 aliphatic rings. The summed E-state index contributed by atoms with van der Waals surface area (Å²) in [5, 5.41) is 3.19. The van der Waals surface area contributed by atoms with Crippen molar-refractivity contribution in [2.75, 3.05) is 65.6 Å². The standard InChI is InChI=1S/C37H51ClN2O6S.C2H7N/c1-4-7-25-18-29(38)12-14-30(25)28-21-40-20-27-10-13-31(27)32(37-44-16-6-17-45-37)9-5-8-24(2)35(23-43-3)47(42)39-36(41)26-11-15-34(46-22-28)33(40)19-26;1-3-2/h11-12,14-15,18-19,24,27-28,31-32,35,37H,4-10,13,16-17,20-23H2,1-3H3,(H,39,41);3H,1-2H3. The van der Waals surface area contributed by atoms with Crippen molar-refractivity contribution in [1.82, 2.24) is 10.0 Å². The van der Waals surface area contributed by atoms with E-state index in [0.717, 1.165) is 94.1 Å². The maximum absolute atomic E-state index is 13.6. The molecule has 0 aromatic heterocycles. The minimum absolute atomic E-state index is 0.105. The largest absolute Gasteiger partial charge is 0.491 e. The second kappa shape index (κ2) is 19.0. The molecular formula is C39H58ClN3O6S. The zero-order valence-corrected chi connectivity index (χ0v) is 32.2. The molecule has 1 amide bonds. The Kier molecular flexibility index (Phi) is 14.9. The Bertz CT molecular complexity index is 1420. The van der Waals surface area contributed by atoms with Gasteiger partial charge in [-0.25, -0.2) is 4.21 Å². The molecule has 0 radical (unpaired) electrons. The molecule has 1 saturated carbocycles. The number of halogens is 1. The second-order valence-corrected chi connectivity index (χ2v) is 16.3. The first kappa shape index (κ1) is 39.0. The number of fused-ring (bicyclic) bond motifs is 2. The van der Waals surface area contributed by atoms with Crippen LogP contribution in [0.2, 0.25) is 5.02 Å². The number of hydrogen-bond acceptors (Lipinski definition) is 8. The molecule has 0 spiro atoms. The quantitative estimate of drug-likeness (QED) is 0.337. The van der Waals surface area contributed by atoms with E-state index in [1.54, 1.807) is 13.2 Å². The molecule has 2 aromatic rings. The van der Waals surface area contributed by atoms with Gasteiger partial charge in [0.05, 0.1) is 37.4 Å². The van der Waals surface area contributed by atoms with Crippen LogP contribution in [0.15, 0.2) is 36.4 Å². The molecule has 1 saturated heterocycles. The first-order chi connectivity index (χ1) is 24.3. The van der Waals surface area contributed by atoms with Gasteiger partial charge in [-0.05, 0) is 112 Å². The maximum atomic E-state index is 13.6. The summed E-state index contributed by atoms with van der Waals surface area (Å²) in [7, 11) is 3.77. The van der Waals surface area contributed by atoms with Gasteiger partial charge in [-0.3, -0.25) is 9.52 Å². The van der Waals surface area contributed by atoms with Gasteiger partial charge in [-0.15, -0.1) is 0 Å². The molecule has 50 heavy (non-hydrogen) atoms. The summed E-state index contributed by atoms with van der Waals surface area (Å²) in [5.74, 6) is 1.92. The Morgan fingerprint density at radius 1 is 1.02 bits per heavy atom. The summed E-state index contributed by atoms with van der Waals surface area (Å²) in [4.78, 5) is 16.0. The minimum Gasteiger partial charge on any atom is -0.491 e. The van der Waals surface area contributed by atoms with Crippen molar-refractivity contribution < 1.29 is 28.0 Å². The Hall–Kier alpha value is -2.21. The van der Waals surface area contributed by atoms with Gasteiger partial charge in [-0.2, -0.15) is 0 Å². The number of anilines is 1. The van der Waals surface area contributed by atoms with Crippen molar-refractivity contribution in [2.45, 2.75) is 82.7 Å². The number of amides is 1. The Morgan fingerprint density at radius 2 is 1.80 bits per heavy atom. The van der Waals surface area contributed by atoms with Gasteiger partial charge in [0.25, 0.3) is 5.91 Å². The third-order valence-corrected chi connectivity index (χ3v) is 12.6. The lowest BCUT2D eigenvalue weighted by Crippen LogP contribution is -2.47. The van der Waals surface area contributed by atoms with Crippen LogP contribution in [-0.2, 0) is 31.6 Å². The molecule has 2 fully saturated rings. The molecule has 2 bridgehead atoms. The topological polar surface area (TPSA) is 98.4 Å². The fourth-order valence-electron chi connectivity index (χ4n) is 8.12. The number of benzene rings is 2. The highest BCUT2D eigenvalue weighted by molar-refractivity contribution is 7.84. The van der Waals surface area contributed by atoms with Gasteiger partial charge < -0.3 is 29.2 Å². The number of nitrogens with one attached hydrogen (secondary N) is 2. The number of aryl methyl sites for hydroxylation is 1. The Balaban J connectivity index is 0.00000156. The van der Waals surface area contributed by atoms with Crippen LogP contribution >= 0.6 is 11.6 Å². The lowest BCUT2D eigenvalue weighted by molar-refractivity contribution is -0.224. The highest BCUT2D eigenvalue weighted by Crippen LogP contribution is 2.47. The molecule has 278 valence electrons. The van der Waals surface area contributed by atoms with Crippen molar-refractivity contribution in [3.05, 3.63) is 58.1 Å². The predicted octanol–water partition coefficient (Wildman–Crippen LogP) is 6.74. The minimum atomic E-state index is -1.61. The zero-order valence-electron chi connectivity index (χ0n) is 30.6. The number of ether oxygens (including phenoxy) is 4. The predicted molar refractivity (Wildman–Crippen MR) is 202 cm³/mol. The van der Waals surface area contributed by atoms with Gasteiger partial charge >= 0.3 is 0 Å². The fraction of sp³-hybridized carbons (Fsp3) is 0.667. The number of hydrogen-bond donors (Lipinski definition) is 2. The molecule has 9 nitrogen and oxygen atoms in total. The van der Waals surface area contributed by atoms with Crippen molar-refractivity contribution >= 4 is 34.2 Å². The van der Waals surface area contributed by atoms with E-state index in [1.807, 2.05) is 32.3 Å². The average molecular weight is 732 g/mol. The van der Waals surface area contributed by atoms with Crippen LogP contribution in [0.5, 0.6) is 5.75 Å². The summed E-state index contributed by atoms with van der Waals surface area (Å²) in [6.07, 6.45) is 7.91. The van der Waals surface area contributed by atoms with Gasteiger partial charge in [0.1, 0.15) is 16.7 Å². The average Bonchev–Trinajstić information content (AvgIpc) is 3.28. The Labute approximate surface area is 307 Å². The molecule has 7 atom stereocenters. The summed E-state index contributed by atoms with van der Waals surface area (Å²) >= 11 is 6.46. The van der Waals surface area contributed by atoms with E-state index in [2.05, 4.69) is 40.9 Å². The van der Waals surface area contributed by atoms with Crippen molar-refractivity contribution in [3.8, 4) is 5.75 Å². The number of rotatable bonds is 6. The first-order valence-corrected chi connectivity index (χ1v) is 20.2. The van der Waals surface area contributed by atoms with Crippen LogP contribution in [0.25, 0.3) is 0 Å². The second-order valence-electron chi connectivity index (χ2n) is 14.4. The van der Waals surface area contributed by atoms with E-state index >= 15 is 0 Å². The number of carbonyl (C=O) groups is 1. The zero-order chi connectivity index (χ0) is 35.6. The van der Waals surface area contributed by atoms with E-state index < -0.39 is 11.0 Å². The summed E-state index contributed by atoms with van der Waals surface area (Å²) in [6.45, 7) is 8.27. The van der Waals surface area contributed by atoms with E-state index in [1.165, 1.54) is 11.1 Å². The molecule has 3 heterocycles.